The van der Waals surface area contributed by atoms with Crippen LogP contribution in [-0.4, -0.2) is 16.5 Å². The topological polar surface area (TPSA) is 60.7 Å². The van der Waals surface area contributed by atoms with Crippen LogP contribution < -0.4 is 11.0 Å². The standard InChI is InChI=1S/C17H27N3O/c1-6-18-14(9-11(2)17(3,4)5)12-7-8-13-15(10-12)20-16(21)19-13/h7-8,10-11,14,18H,6,9H2,1-5H3,(H2,19,20,21). The van der Waals surface area contributed by atoms with Gasteiger partial charge in [0, 0.05) is 6.04 Å². The van der Waals surface area contributed by atoms with Gasteiger partial charge in [0.05, 0.1) is 11.0 Å². The summed E-state index contributed by atoms with van der Waals surface area (Å²) in [6, 6.07) is 6.48. The van der Waals surface area contributed by atoms with Gasteiger partial charge in [-0.2, -0.15) is 0 Å². The molecule has 2 aromatic rings. The Labute approximate surface area is 126 Å². The molecule has 0 bridgehead atoms. The lowest BCUT2D eigenvalue weighted by Gasteiger charge is -2.31. The molecule has 0 saturated carbocycles. The SMILES string of the molecule is CCNC(CC(C)C(C)(C)C)c1ccc2[nH]c(=O)[nH]c2c1. The van der Waals surface area contributed by atoms with Crippen LogP contribution in [0.25, 0.3) is 11.0 Å². The van der Waals surface area contributed by atoms with Crippen molar-refractivity contribution in [2.75, 3.05) is 6.54 Å². The van der Waals surface area contributed by atoms with Crippen molar-refractivity contribution < 1.29 is 0 Å². The summed E-state index contributed by atoms with van der Waals surface area (Å²) in [4.78, 5) is 17.0. The third kappa shape index (κ3) is 3.76. The van der Waals surface area contributed by atoms with E-state index in [0.29, 0.717) is 17.4 Å². The molecule has 1 aromatic heterocycles. The van der Waals surface area contributed by atoms with E-state index in [1.807, 2.05) is 6.07 Å². The fourth-order valence-electron chi connectivity index (χ4n) is 2.56. The highest BCUT2D eigenvalue weighted by Gasteiger charge is 2.24. The van der Waals surface area contributed by atoms with Gasteiger partial charge < -0.3 is 15.3 Å². The maximum atomic E-state index is 11.4. The Kier molecular flexibility index (Phi) is 4.57. The van der Waals surface area contributed by atoms with Crippen LogP contribution in [-0.2, 0) is 0 Å². The van der Waals surface area contributed by atoms with Crippen molar-refractivity contribution in [3.8, 4) is 0 Å². The number of hydrogen-bond donors (Lipinski definition) is 3. The highest BCUT2D eigenvalue weighted by atomic mass is 16.1. The molecule has 2 rings (SSSR count). The molecule has 21 heavy (non-hydrogen) atoms. The number of imidazole rings is 1. The third-order valence-corrected chi connectivity index (χ3v) is 4.46. The lowest BCUT2D eigenvalue weighted by Crippen LogP contribution is -2.27. The van der Waals surface area contributed by atoms with Crippen LogP contribution >= 0.6 is 0 Å². The fraction of sp³-hybridized carbons (Fsp3) is 0.588. The van der Waals surface area contributed by atoms with Gasteiger partial charge in [0.15, 0.2) is 0 Å². The molecule has 0 saturated heterocycles. The zero-order valence-electron chi connectivity index (χ0n) is 13.7. The number of nitrogens with one attached hydrogen (secondary N) is 3. The fourth-order valence-corrected chi connectivity index (χ4v) is 2.56. The van der Waals surface area contributed by atoms with Gasteiger partial charge in [0.2, 0.25) is 0 Å². The van der Waals surface area contributed by atoms with E-state index < -0.39 is 0 Å². The zero-order valence-corrected chi connectivity index (χ0v) is 13.7. The Hall–Kier alpha value is -1.55. The summed E-state index contributed by atoms with van der Waals surface area (Å²) in [5.74, 6) is 0.600. The summed E-state index contributed by atoms with van der Waals surface area (Å²) < 4.78 is 0. The molecular weight excluding hydrogens is 262 g/mol. The first-order valence-corrected chi connectivity index (χ1v) is 7.76. The van der Waals surface area contributed by atoms with Crippen molar-refractivity contribution in [3.05, 3.63) is 34.2 Å². The summed E-state index contributed by atoms with van der Waals surface area (Å²) in [6.45, 7) is 12.2. The lowest BCUT2D eigenvalue weighted by atomic mass is 9.77. The van der Waals surface area contributed by atoms with Gasteiger partial charge in [0.25, 0.3) is 0 Å². The molecule has 0 aliphatic rings. The summed E-state index contributed by atoms with van der Waals surface area (Å²) >= 11 is 0. The van der Waals surface area contributed by atoms with Gasteiger partial charge >= 0.3 is 5.69 Å². The predicted octanol–water partition coefficient (Wildman–Crippen LogP) is 3.58. The monoisotopic (exact) mass is 289 g/mol. The Morgan fingerprint density at radius 1 is 1.19 bits per heavy atom. The second kappa shape index (κ2) is 6.06. The van der Waals surface area contributed by atoms with Crippen LogP contribution in [0.4, 0.5) is 0 Å². The number of rotatable bonds is 5. The summed E-state index contributed by atoms with van der Waals surface area (Å²) in [5.41, 5.74) is 3.12. The molecular formula is C17H27N3O. The Morgan fingerprint density at radius 2 is 1.86 bits per heavy atom. The molecule has 4 heteroatoms. The van der Waals surface area contributed by atoms with Crippen LogP contribution in [0.1, 0.15) is 52.6 Å². The van der Waals surface area contributed by atoms with Crippen molar-refractivity contribution in [2.24, 2.45) is 11.3 Å². The molecule has 0 spiro atoms. The Balaban J connectivity index is 2.28. The number of benzene rings is 1. The van der Waals surface area contributed by atoms with E-state index >= 15 is 0 Å². The number of aromatic amines is 2. The molecule has 0 fully saturated rings. The van der Waals surface area contributed by atoms with Crippen LogP contribution in [0.15, 0.2) is 23.0 Å². The van der Waals surface area contributed by atoms with E-state index in [1.54, 1.807) is 0 Å². The van der Waals surface area contributed by atoms with E-state index in [-0.39, 0.29) is 5.69 Å². The largest absolute Gasteiger partial charge is 0.323 e. The number of fused-ring (bicyclic) bond motifs is 1. The second-order valence-electron chi connectivity index (χ2n) is 7.00. The van der Waals surface area contributed by atoms with Gasteiger partial charge in [-0.05, 0) is 42.0 Å². The number of H-pyrrole nitrogens is 2. The van der Waals surface area contributed by atoms with Gasteiger partial charge in [-0.3, -0.25) is 0 Å². The minimum absolute atomic E-state index is 0.148. The smallest absolute Gasteiger partial charge is 0.310 e. The van der Waals surface area contributed by atoms with Gasteiger partial charge in [-0.15, -0.1) is 0 Å². The molecule has 2 unspecified atom stereocenters. The maximum Gasteiger partial charge on any atom is 0.323 e. The first kappa shape index (κ1) is 15.8. The Bertz CT molecular complexity index is 648. The van der Waals surface area contributed by atoms with E-state index in [9.17, 15) is 4.79 Å². The van der Waals surface area contributed by atoms with Crippen molar-refractivity contribution in [1.82, 2.24) is 15.3 Å². The summed E-state index contributed by atoms with van der Waals surface area (Å²) in [7, 11) is 0. The minimum Gasteiger partial charge on any atom is -0.310 e. The number of hydrogen-bond acceptors (Lipinski definition) is 2. The van der Waals surface area contributed by atoms with E-state index in [1.165, 1.54) is 5.56 Å². The van der Waals surface area contributed by atoms with Crippen molar-refractivity contribution in [2.45, 2.75) is 47.1 Å². The predicted molar refractivity (Wildman–Crippen MR) is 88.6 cm³/mol. The minimum atomic E-state index is -0.148. The van der Waals surface area contributed by atoms with Gasteiger partial charge in [-0.25, -0.2) is 4.79 Å². The summed E-state index contributed by atoms with van der Waals surface area (Å²) in [5, 5.41) is 3.57. The first-order valence-electron chi connectivity index (χ1n) is 7.76. The number of aromatic nitrogens is 2. The molecule has 116 valence electrons. The van der Waals surface area contributed by atoms with E-state index in [0.717, 1.165) is 24.0 Å². The Morgan fingerprint density at radius 3 is 2.48 bits per heavy atom. The van der Waals surface area contributed by atoms with Gasteiger partial charge in [0.1, 0.15) is 0 Å². The summed E-state index contributed by atoms with van der Waals surface area (Å²) in [6.07, 6.45) is 1.08. The molecule has 4 nitrogen and oxygen atoms in total. The highest BCUT2D eigenvalue weighted by Crippen LogP contribution is 2.33. The highest BCUT2D eigenvalue weighted by molar-refractivity contribution is 5.75. The van der Waals surface area contributed by atoms with Crippen molar-refractivity contribution in [1.29, 1.82) is 0 Å². The average Bonchev–Trinajstić information content (AvgIpc) is 2.75. The molecule has 0 aliphatic carbocycles. The molecule has 1 aromatic carbocycles. The van der Waals surface area contributed by atoms with Crippen LogP contribution in [0, 0.1) is 11.3 Å². The molecule has 0 radical (unpaired) electrons. The van der Waals surface area contributed by atoms with Crippen molar-refractivity contribution >= 4 is 11.0 Å². The lowest BCUT2D eigenvalue weighted by molar-refractivity contribution is 0.224. The second-order valence-corrected chi connectivity index (χ2v) is 7.00. The van der Waals surface area contributed by atoms with Crippen LogP contribution in [0.3, 0.4) is 0 Å². The maximum absolute atomic E-state index is 11.4. The quantitative estimate of drug-likeness (QED) is 0.788. The normalized spacial score (nSPS) is 15.3. The molecule has 0 aliphatic heterocycles. The van der Waals surface area contributed by atoms with Gasteiger partial charge in [-0.1, -0.05) is 40.7 Å². The van der Waals surface area contributed by atoms with Crippen LogP contribution in [0.2, 0.25) is 0 Å². The zero-order chi connectivity index (χ0) is 15.6. The first-order chi connectivity index (χ1) is 9.81. The molecule has 3 N–H and O–H groups in total. The molecule has 0 amide bonds. The third-order valence-electron chi connectivity index (χ3n) is 4.46. The van der Waals surface area contributed by atoms with E-state index in [2.05, 4.69) is 62.0 Å². The molecule has 1 heterocycles. The van der Waals surface area contributed by atoms with Crippen LogP contribution in [0.5, 0.6) is 0 Å². The van der Waals surface area contributed by atoms with Crippen molar-refractivity contribution in [3.63, 3.8) is 0 Å². The van der Waals surface area contributed by atoms with E-state index in [4.69, 9.17) is 0 Å². The average molecular weight is 289 g/mol. The molecule has 2 atom stereocenters.